The van der Waals surface area contributed by atoms with Gasteiger partial charge in [-0.05, 0) is 122 Å². The lowest BCUT2D eigenvalue weighted by Gasteiger charge is -2.48. The normalized spacial score (nSPS) is 24.6. The summed E-state index contributed by atoms with van der Waals surface area (Å²) in [4.78, 5) is 64.2. The van der Waals surface area contributed by atoms with Crippen molar-refractivity contribution in [3.05, 3.63) is 86.9 Å². The highest BCUT2D eigenvalue weighted by Gasteiger charge is 2.61. The summed E-state index contributed by atoms with van der Waals surface area (Å²) in [5.41, 5.74) is 8.45. The average molecular weight is 760 g/mol. The lowest BCUT2D eigenvalue weighted by atomic mass is 9.54. The van der Waals surface area contributed by atoms with E-state index in [9.17, 15) is 24.3 Å². The summed E-state index contributed by atoms with van der Waals surface area (Å²) in [7, 11) is 3.13. The number of ether oxygens (including phenoxy) is 2. The molecule has 3 N–H and O–H groups in total. The third kappa shape index (κ3) is 5.14. The minimum absolute atomic E-state index is 0.00931. The molecule has 0 radical (unpaired) electrons. The molecule has 1 saturated heterocycles. The number of nitrogens with one attached hydrogen (secondary N) is 2. The second-order valence-corrected chi connectivity index (χ2v) is 16.7. The highest BCUT2D eigenvalue weighted by atomic mass is 32.2. The first-order valence-electron chi connectivity index (χ1n) is 19.3. The number of H-pyrrole nitrogens is 2. The van der Waals surface area contributed by atoms with Crippen molar-refractivity contribution < 1.29 is 33.8 Å². The van der Waals surface area contributed by atoms with E-state index in [2.05, 4.69) is 29.9 Å². The van der Waals surface area contributed by atoms with Gasteiger partial charge in [0.2, 0.25) is 5.12 Å². The number of carbonyl (C=O) groups is 4. The maximum atomic E-state index is 14.9. The number of fused-ring (bicyclic) bond motifs is 4. The van der Waals surface area contributed by atoms with Crippen LogP contribution in [0.15, 0.2) is 58.8 Å². The number of rotatable bonds is 6. The fraction of sp³-hybridized carbons (Fsp3) is 0.409. The van der Waals surface area contributed by atoms with Crippen molar-refractivity contribution >= 4 is 56.2 Å². The molecule has 1 saturated carbocycles. The molecule has 10 nitrogen and oxygen atoms in total. The third-order valence-electron chi connectivity index (χ3n) is 13.4. The van der Waals surface area contributed by atoms with Crippen LogP contribution in [0.2, 0.25) is 0 Å². The van der Waals surface area contributed by atoms with Crippen molar-refractivity contribution in [2.45, 2.75) is 71.1 Å². The SMILES string of the molecule is COc1cc2[nH]c(C(=O)N3CC4CCC45C3=CC(=O)C3=C5C=C(C(=O)C4CCCc5c(c(C)c(OC)c6[nH]c(C(=O)SC)cc56)C4C)CCC3)cc2cc1O. The first-order valence-corrected chi connectivity index (χ1v) is 20.5. The van der Waals surface area contributed by atoms with Gasteiger partial charge >= 0.3 is 0 Å². The van der Waals surface area contributed by atoms with Gasteiger partial charge in [-0.2, -0.15) is 0 Å². The minimum atomic E-state index is -0.486. The van der Waals surface area contributed by atoms with E-state index in [0.717, 1.165) is 76.6 Å². The van der Waals surface area contributed by atoms with Gasteiger partial charge in [0.15, 0.2) is 23.1 Å². The molecule has 1 spiro atoms. The van der Waals surface area contributed by atoms with E-state index in [0.29, 0.717) is 59.6 Å². The number of phenols is 1. The number of thioether (sulfide) groups is 1. The van der Waals surface area contributed by atoms with Gasteiger partial charge in [-0.25, -0.2) is 0 Å². The fourth-order valence-electron chi connectivity index (χ4n) is 10.7. The zero-order valence-electron chi connectivity index (χ0n) is 31.8. The monoisotopic (exact) mass is 759 g/mol. The number of benzene rings is 2. The lowest BCUT2D eigenvalue weighted by molar-refractivity contribution is -0.120. The van der Waals surface area contributed by atoms with Crippen LogP contribution in [-0.2, 0) is 16.0 Å². The van der Waals surface area contributed by atoms with Gasteiger partial charge in [-0.1, -0.05) is 24.8 Å². The summed E-state index contributed by atoms with van der Waals surface area (Å²) in [5, 5.41) is 12.0. The number of ketones is 2. The van der Waals surface area contributed by atoms with Crippen molar-refractivity contribution in [3.8, 4) is 17.2 Å². The molecule has 1 aliphatic heterocycles. The molecule has 4 unspecified atom stereocenters. The number of Topliss-reactive ketones (excluding diaryl/α,β-unsaturated/α-hetero) is 1. The van der Waals surface area contributed by atoms with Crippen LogP contribution >= 0.6 is 11.8 Å². The zero-order chi connectivity index (χ0) is 38.5. The molecule has 0 bridgehead atoms. The number of likely N-dealkylation sites (tertiary alicyclic amines) is 1. The number of nitrogens with zero attached hydrogens (tertiary/aromatic N) is 1. The standard InChI is InChI=1S/C44H45N3O7S/c1-21-26(9-7-10-27-29-17-33(43(52)55-5)46-39(29)41(54-4)22(2)38(21)27)40(50)23-8-6-11-28-30(14-23)44-13-12-25(44)20-47(37(44)19-34(28)48)42(51)32-15-24-16-35(49)36(53-3)18-31(24)45-32/h14-19,21,25-26,45-46,49H,6-13,20H2,1-5H3. The largest absolute Gasteiger partial charge is 0.504 e. The average Bonchev–Trinajstić information content (AvgIpc) is 3.74. The van der Waals surface area contributed by atoms with Crippen molar-refractivity contribution in [2.24, 2.45) is 17.3 Å². The molecule has 11 heteroatoms. The Labute approximate surface area is 323 Å². The Kier molecular flexibility index (Phi) is 8.45. The van der Waals surface area contributed by atoms with Crippen LogP contribution < -0.4 is 9.47 Å². The molecular weight excluding hydrogens is 715 g/mol. The molecule has 284 valence electrons. The number of amides is 1. The number of carbonyl (C=O) groups excluding carboxylic acids is 4. The number of hydrogen-bond acceptors (Lipinski definition) is 8. The predicted octanol–water partition coefficient (Wildman–Crippen LogP) is 8.23. The molecule has 2 fully saturated rings. The molecule has 4 atom stereocenters. The summed E-state index contributed by atoms with van der Waals surface area (Å²) >= 11 is 1.17. The maximum absolute atomic E-state index is 14.9. The molecule has 4 aromatic rings. The van der Waals surface area contributed by atoms with Crippen molar-refractivity contribution in [3.63, 3.8) is 0 Å². The van der Waals surface area contributed by atoms with Crippen LogP contribution in [0.3, 0.4) is 0 Å². The van der Waals surface area contributed by atoms with Crippen molar-refractivity contribution in [2.75, 3.05) is 27.0 Å². The summed E-state index contributed by atoms with van der Waals surface area (Å²) < 4.78 is 11.2. The lowest BCUT2D eigenvalue weighted by Crippen LogP contribution is -2.43. The van der Waals surface area contributed by atoms with Gasteiger partial charge in [0.1, 0.15) is 11.4 Å². The second kappa shape index (κ2) is 13.0. The first kappa shape index (κ1) is 35.7. The quantitative estimate of drug-likeness (QED) is 0.167. The molecule has 9 rings (SSSR count). The van der Waals surface area contributed by atoms with E-state index in [-0.39, 0.29) is 46.1 Å². The summed E-state index contributed by atoms with van der Waals surface area (Å²) in [6, 6.07) is 6.92. The van der Waals surface area contributed by atoms with Crippen LogP contribution in [0, 0.1) is 24.2 Å². The smallest absolute Gasteiger partial charge is 0.274 e. The number of aromatic nitrogens is 2. The number of methoxy groups -OCH3 is 2. The Morgan fingerprint density at radius 3 is 2.53 bits per heavy atom. The zero-order valence-corrected chi connectivity index (χ0v) is 32.6. The Bertz CT molecular complexity index is 2480. The first-order chi connectivity index (χ1) is 26.5. The van der Waals surface area contributed by atoms with E-state index in [1.54, 1.807) is 42.5 Å². The third-order valence-corrected chi connectivity index (χ3v) is 14.0. The van der Waals surface area contributed by atoms with E-state index in [1.165, 1.54) is 24.4 Å². The Morgan fingerprint density at radius 1 is 0.982 bits per heavy atom. The molecule has 55 heavy (non-hydrogen) atoms. The molecule has 2 aromatic heterocycles. The molecule has 5 aliphatic rings. The minimum Gasteiger partial charge on any atom is -0.504 e. The van der Waals surface area contributed by atoms with Crippen LogP contribution in [0.4, 0.5) is 0 Å². The highest BCUT2D eigenvalue weighted by molar-refractivity contribution is 8.13. The van der Waals surface area contributed by atoms with Crippen LogP contribution in [-0.4, -0.2) is 69.6 Å². The Hall–Kier alpha value is -5.03. The van der Waals surface area contributed by atoms with E-state index in [1.807, 2.05) is 6.07 Å². The number of aromatic hydroxyl groups is 1. The number of hydrogen-bond donors (Lipinski definition) is 3. The van der Waals surface area contributed by atoms with Crippen molar-refractivity contribution in [1.82, 2.24) is 14.9 Å². The van der Waals surface area contributed by atoms with Gasteiger partial charge in [-0.15, -0.1) is 0 Å². The van der Waals surface area contributed by atoms with Crippen LogP contribution in [0.1, 0.15) is 95.5 Å². The van der Waals surface area contributed by atoms with Crippen LogP contribution in [0.5, 0.6) is 17.2 Å². The molecule has 3 heterocycles. The van der Waals surface area contributed by atoms with E-state index < -0.39 is 5.41 Å². The van der Waals surface area contributed by atoms with Gasteiger partial charge < -0.3 is 29.4 Å². The fourth-order valence-corrected chi connectivity index (χ4v) is 11.0. The Morgan fingerprint density at radius 2 is 1.80 bits per heavy atom. The summed E-state index contributed by atoms with van der Waals surface area (Å²) in [6.45, 7) is 4.70. The maximum Gasteiger partial charge on any atom is 0.274 e. The predicted molar refractivity (Wildman–Crippen MR) is 212 cm³/mol. The Balaban J connectivity index is 1.06. The topological polar surface area (TPSA) is 142 Å². The van der Waals surface area contributed by atoms with Gasteiger partial charge in [-0.3, -0.25) is 19.2 Å². The molecule has 2 aromatic carbocycles. The molecule has 1 amide bonds. The summed E-state index contributed by atoms with van der Waals surface area (Å²) in [6.07, 6.45) is 11.5. The highest BCUT2D eigenvalue weighted by Crippen LogP contribution is 2.65. The second-order valence-electron chi connectivity index (χ2n) is 15.9. The summed E-state index contributed by atoms with van der Waals surface area (Å²) in [5.74, 6) is 0.640. The molecular formula is C44H45N3O7S. The van der Waals surface area contributed by atoms with Crippen LogP contribution in [0.25, 0.3) is 21.8 Å². The number of aromatic amines is 2. The number of allylic oxidation sites excluding steroid dienone is 5. The number of phenolic OH excluding ortho intramolecular Hbond substituents is 1. The van der Waals surface area contributed by atoms with Gasteiger partial charge in [0.25, 0.3) is 5.91 Å². The number of aryl methyl sites for hydroxylation is 1. The van der Waals surface area contributed by atoms with E-state index >= 15 is 0 Å². The van der Waals surface area contributed by atoms with Crippen molar-refractivity contribution in [1.29, 1.82) is 0 Å². The van der Waals surface area contributed by atoms with Gasteiger partial charge in [0.05, 0.1) is 25.4 Å². The van der Waals surface area contributed by atoms with Gasteiger partial charge in [0, 0.05) is 57.6 Å². The molecule has 4 aliphatic carbocycles. The van der Waals surface area contributed by atoms with E-state index in [4.69, 9.17) is 9.47 Å².